The molecule has 1 aromatic rings. The molecule has 0 aromatic heterocycles. The Morgan fingerprint density at radius 1 is 1.30 bits per heavy atom. The number of piperazine rings is 1. The molecule has 1 saturated heterocycles. The highest BCUT2D eigenvalue weighted by Gasteiger charge is 2.39. The van der Waals surface area contributed by atoms with Gasteiger partial charge in [-0.2, -0.15) is 0 Å². The molecule has 1 aromatic carbocycles. The second kappa shape index (κ2) is 5.27. The van der Waals surface area contributed by atoms with E-state index in [9.17, 15) is 9.59 Å². The van der Waals surface area contributed by atoms with E-state index in [1.807, 2.05) is 31.2 Å². The van der Waals surface area contributed by atoms with Gasteiger partial charge >= 0.3 is 0 Å². The van der Waals surface area contributed by atoms with Gasteiger partial charge in [-0.3, -0.25) is 9.59 Å². The lowest BCUT2D eigenvalue weighted by Gasteiger charge is -2.39. The van der Waals surface area contributed by atoms with Crippen LogP contribution >= 0.6 is 0 Å². The van der Waals surface area contributed by atoms with Crippen molar-refractivity contribution in [2.75, 3.05) is 13.1 Å². The third kappa shape index (κ3) is 2.19. The number of hydrogen-bond acceptors (Lipinski definition) is 2. The van der Waals surface area contributed by atoms with E-state index in [1.54, 1.807) is 4.90 Å². The van der Waals surface area contributed by atoms with Crippen LogP contribution in [0.3, 0.4) is 0 Å². The predicted octanol–water partition coefficient (Wildman–Crippen LogP) is 1.79. The van der Waals surface area contributed by atoms with Crippen LogP contribution < -0.4 is 5.32 Å². The second-order valence-electron chi connectivity index (χ2n) is 5.71. The fourth-order valence-electron chi connectivity index (χ4n) is 3.00. The molecule has 1 aliphatic carbocycles. The maximum atomic E-state index is 12.6. The van der Waals surface area contributed by atoms with Crippen LogP contribution in [0.5, 0.6) is 0 Å². The van der Waals surface area contributed by atoms with Crippen LogP contribution in [0.25, 0.3) is 0 Å². The first-order chi connectivity index (χ1) is 9.68. The van der Waals surface area contributed by atoms with E-state index in [-0.39, 0.29) is 17.7 Å². The molecule has 0 bridgehead atoms. The number of carbonyl (C=O) groups is 2. The normalized spacial score (nSPS) is 23.1. The predicted molar refractivity (Wildman–Crippen MR) is 76.0 cm³/mol. The number of nitrogens with zero attached hydrogens (tertiary/aromatic N) is 1. The molecule has 4 heteroatoms. The Balaban J connectivity index is 1.92. The fraction of sp³-hybridized carbons (Fsp3) is 0.500. The van der Waals surface area contributed by atoms with E-state index < -0.39 is 6.04 Å². The van der Waals surface area contributed by atoms with Crippen molar-refractivity contribution in [1.82, 2.24) is 10.2 Å². The average molecular weight is 272 g/mol. The summed E-state index contributed by atoms with van der Waals surface area (Å²) < 4.78 is 0. The zero-order chi connectivity index (χ0) is 14.1. The van der Waals surface area contributed by atoms with Crippen molar-refractivity contribution < 1.29 is 9.59 Å². The molecule has 1 atom stereocenters. The molecular formula is C16H20N2O2. The maximum Gasteiger partial charge on any atom is 0.247 e. The Kier molecular flexibility index (Phi) is 3.47. The van der Waals surface area contributed by atoms with Gasteiger partial charge < -0.3 is 10.2 Å². The first kappa shape index (κ1) is 13.2. The van der Waals surface area contributed by atoms with Gasteiger partial charge in [-0.05, 0) is 30.9 Å². The van der Waals surface area contributed by atoms with Crippen LogP contribution in [0, 0.1) is 12.8 Å². The van der Waals surface area contributed by atoms with Crippen molar-refractivity contribution >= 4 is 11.8 Å². The lowest BCUT2D eigenvalue weighted by molar-refractivity contribution is -0.148. The minimum atomic E-state index is -0.460. The lowest BCUT2D eigenvalue weighted by Crippen LogP contribution is -2.54. The van der Waals surface area contributed by atoms with Crippen molar-refractivity contribution in [3.05, 3.63) is 35.4 Å². The highest BCUT2D eigenvalue weighted by molar-refractivity contribution is 5.91. The molecule has 0 radical (unpaired) electrons. The Morgan fingerprint density at radius 2 is 2.05 bits per heavy atom. The van der Waals surface area contributed by atoms with Crippen LogP contribution in [0.2, 0.25) is 0 Å². The first-order valence-electron chi connectivity index (χ1n) is 7.32. The summed E-state index contributed by atoms with van der Waals surface area (Å²) >= 11 is 0. The van der Waals surface area contributed by atoms with E-state index in [0.29, 0.717) is 13.1 Å². The number of benzene rings is 1. The van der Waals surface area contributed by atoms with Crippen molar-refractivity contribution in [2.24, 2.45) is 5.92 Å². The van der Waals surface area contributed by atoms with Crippen molar-refractivity contribution in [2.45, 2.75) is 32.2 Å². The minimum absolute atomic E-state index is 0.0572. The molecule has 2 amide bonds. The van der Waals surface area contributed by atoms with Crippen molar-refractivity contribution in [3.63, 3.8) is 0 Å². The van der Waals surface area contributed by atoms with Crippen LogP contribution in [-0.4, -0.2) is 29.8 Å². The van der Waals surface area contributed by atoms with Gasteiger partial charge in [0, 0.05) is 19.0 Å². The largest absolute Gasteiger partial charge is 0.352 e. The zero-order valence-electron chi connectivity index (χ0n) is 11.8. The van der Waals surface area contributed by atoms with Crippen LogP contribution in [0.1, 0.15) is 36.4 Å². The van der Waals surface area contributed by atoms with Gasteiger partial charge in [0.2, 0.25) is 11.8 Å². The number of rotatable bonds is 2. The summed E-state index contributed by atoms with van der Waals surface area (Å²) in [5, 5.41) is 2.88. The van der Waals surface area contributed by atoms with Crippen LogP contribution in [0.15, 0.2) is 24.3 Å². The van der Waals surface area contributed by atoms with Gasteiger partial charge in [0.05, 0.1) is 0 Å². The van der Waals surface area contributed by atoms with Gasteiger partial charge in [0.25, 0.3) is 0 Å². The minimum Gasteiger partial charge on any atom is -0.352 e. The van der Waals surface area contributed by atoms with Crippen molar-refractivity contribution in [3.8, 4) is 0 Å². The topological polar surface area (TPSA) is 49.4 Å². The summed E-state index contributed by atoms with van der Waals surface area (Å²) in [5.74, 6) is 0.227. The van der Waals surface area contributed by atoms with E-state index >= 15 is 0 Å². The maximum absolute atomic E-state index is 12.6. The molecule has 1 heterocycles. The van der Waals surface area contributed by atoms with Crippen molar-refractivity contribution in [1.29, 1.82) is 0 Å². The summed E-state index contributed by atoms with van der Waals surface area (Å²) in [6.07, 6.45) is 3.07. The number of aryl methyl sites for hydroxylation is 1. The quantitative estimate of drug-likeness (QED) is 0.892. The van der Waals surface area contributed by atoms with Gasteiger partial charge in [-0.15, -0.1) is 0 Å². The highest BCUT2D eigenvalue weighted by atomic mass is 16.2. The molecule has 1 aliphatic heterocycles. The van der Waals surface area contributed by atoms with E-state index in [0.717, 1.165) is 30.4 Å². The molecule has 2 aliphatic rings. The van der Waals surface area contributed by atoms with Gasteiger partial charge in [-0.1, -0.05) is 30.7 Å². The Hall–Kier alpha value is -1.84. The van der Waals surface area contributed by atoms with Gasteiger partial charge in [0.1, 0.15) is 6.04 Å². The Morgan fingerprint density at radius 3 is 2.70 bits per heavy atom. The summed E-state index contributed by atoms with van der Waals surface area (Å²) in [7, 11) is 0. The fourth-order valence-corrected chi connectivity index (χ4v) is 3.00. The van der Waals surface area contributed by atoms with Gasteiger partial charge in [0.15, 0.2) is 0 Å². The molecular weight excluding hydrogens is 252 g/mol. The molecule has 0 spiro atoms. The Bertz CT molecular complexity index is 537. The summed E-state index contributed by atoms with van der Waals surface area (Å²) in [5.41, 5.74) is 2.00. The Labute approximate surface area is 119 Å². The van der Waals surface area contributed by atoms with E-state index in [2.05, 4.69) is 5.32 Å². The smallest absolute Gasteiger partial charge is 0.247 e. The first-order valence-corrected chi connectivity index (χ1v) is 7.32. The molecule has 0 unspecified atom stereocenters. The molecule has 1 N–H and O–H groups in total. The molecule has 20 heavy (non-hydrogen) atoms. The van der Waals surface area contributed by atoms with Crippen LogP contribution in [0.4, 0.5) is 0 Å². The number of nitrogens with one attached hydrogen (secondary N) is 1. The molecule has 4 nitrogen and oxygen atoms in total. The number of carbonyl (C=O) groups excluding carboxylic acids is 2. The third-order valence-electron chi connectivity index (χ3n) is 4.43. The number of hydrogen-bond donors (Lipinski definition) is 1. The van der Waals surface area contributed by atoms with Gasteiger partial charge in [-0.25, -0.2) is 0 Å². The SMILES string of the molecule is Cc1ccccc1[C@H]1C(=O)NCCN1C(=O)C1CCC1. The van der Waals surface area contributed by atoms with E-state index in [1.165, 1.54) is 0 Å². The molecule has 3 rings (SSSR count). The second-order valence-corrected chi connectivity index (χ2v) is 5.71. The number of amides is 2. The van der Waals surface area contributed by atoms with Crippen LogP contribution in [-0.2, 0) is 9.59 Å². The lowest BCUT2D eigenvalue weighted by atomic mass is 9.83. The van der Waals surface area contributed by atoms with E-state index in [4.69, 9.17) is 0 Å². The third-order valence-corrected chi connectivity index (χ3v) is 4.43. The summed E-state index contributed by atoms with van der Waals surface area (Å²) in [4.78, 5) is 26.6. The average Bonchev–Trinajstić information content (AvgIpc) is 2.37. The monoisotopic (exact) mass is 272 g/mol. The molecule has 1 saturated carbocycles. The zero-order valence-corrected chi connectivity index (χ0v) is 11.8. The summed E-state index contributed by atoms with van der Waals surface area (Å²) in [6, 6.07) is 7.36. The highest BCUT2D eigenvalue weighted by Crippen LogP contribution is 2.33. The summed E-state index contributed by atoms with van der Waals surface area (Å²) in [6.45, 7) is 3.16. The molecule has 106 valence electrons. The standard InChI is InChI=1S/C16H20N2O2/c1-11-5-2-3-8-13(11)14-15(19)17-9-10-18(14)16(20)12-6-4-7-12/h2-3,5,8,12,14H,4,6-7,9-10H2,1H3,(H,17,19)/t14-/m0/s1. The molecule has 2 fully saturated rings.